The van der Waals surface area contributed by atoms with E-state index in [2.05, 4.69) is 36.2 Å². The van der Waals surface area contributed by atoms with Crippen molar-refractivity contribution in [1.29, 1.82) is 0 Å². The number of urea groups is 1. The number of imidazole rings is 1. The van der Waals surface area contributed by atoms with E-state index in [9.17, 15) is 18.0 Å². The minimum Gasteiger partial charge on any atom is -0.323 e. The highest BCUT2D eigenvalue weighted by Crippen LogP contribution is 2.29. The molecule has 1 aromatic carbocycles. The molecule has 10 heteroatoms. The van der Waals surface area contributed by atoms with Crippen LogP contribution in [0.15, 0.2) is 34.9 Å². The Hall–Kier alpha value is -2.62. The van der Waals surface area contributed by atoms with Gasteiger partial charge in [-0.2, -0.15) is 0 Å². The van der Waals surface area contributed by atoms with Gasteiger partial charge in [-0.15, -0.1) is 0 Å². The first kappa shape index (κ1) is 17.8. The van der Waals surface area contributed by atoms with E-state index < -0.39 is 24.3 Å². The standard InChI is InChI=1S/C17H13BrF3N5O/c18-9-5-13-15(22-7-9)25-14(24-13)11-6-10(1-2-12(11)19)23-16(27)26-4-3-17(20,21)8-26/h1-2,5-7H,3-4,8H2,(H,23,27)(H,22,24,25). The molecule has 3 aromatic rings. The van der Waals surface area contributed by atoms with Crippen LogP contribution in [0.3, 0.4) is 0 Å². The summed E-state index contributed by atoms with van der Waals surface area (Å²) in [6.45, 7) is -0.659. The number of H-pyrrole nitrogens is 1. The first-order chi connectivity index (χ1) is 12.8. The highest BCUT2D eigenvalue weighted by Gasteiger charge is 2.40. The van der Waals surface area contributed by atoms with Crippen LogP contribution in [0.2, 0.25) is 0 Å². The van der Waals surface area contributed by atoms with Crippen LogP contribution in [0.1, 0.15) is 6.42 Å². The van der Waals surface area contributed by atoms with Crippen molar-refractivity contribution in [3.05, 3.63) is 40.8 Å². The maximum Gasteiger partial charge on any atom is 0.322 e. The summed E-state index contributed by atoms with van der Waals surface area (Å²) >= 11 is 3.30. The van der Waals surface area contributed by atoms with E-state index in [4.69, 9.17) is 0 Å². The third-order valence-electron chi connectivity index (χ3n) is 4.23. The van der Waals surface area contributed by atoms with Crippen LogP contribution in [0.5, 0.6) is 0 Å². The molecule has 0 radical (unpaired) electrons. The van der Waals surface area contributed by atoms with Gasteiger partial charge in [-0.05, 0) is 40.2 Å². The Bertz CT molecular complexity index is 1040. The first-order valence-corrected chi connectivity index (χ1v) is 8.85. The van der Waals surface area contributed by atoms with Crippen molar-refractivity contribution in [2.24, 2.45) is 0 Å². The average Bonchev–Trinajstić information content (AvgIpc) is 3.19. The second kappa shape index (κ2) is 6.52. The molecule has 0 saturated carbocycles. The van der Waals surface area contributed by atoms with Crippen LogP contribution in [0.4, 0.5) is 23.7 Å². The molecule has 27 heavy (non-hydrogen) atoms. The number of nitrogens with one attached hydrogen (secondary N) is 2. The smallest absolute Gasteiger partial charge is 0.322 e. The van der Waals surface area contributed by atoms with Gasteiger partial charge in [-0.25, -0.2) is 27.9 Å². The maximum atomic E-state index is 14.3. The number of fused-ring (bicyclic) bond motifs is 1. The van der Waals surface area contributed by atoms with Gasteiger partial charge in [0.1, 0.15) is 17.2 Å². The number of likely N-dealkylation sites (tertiary alicyclic amines) is 1. The summed E-state index contributed by atoms with van der Waals surface area (Å²) in [5.41, 5.74) is 1.45. The van der Waals surface area contributed by atoms with Gasteiger partial charge in [0.15, 0.2) is 5.65 Å². The van der Waals surface area contributed by atoms with Gasteiger partial charge in [0.2, 0.25) is 0 Å². The van der Waals surface area contributed by atoms with Crippen molar-refractivity contribution >= 4 is 38.8 Å². The summed E-state index contributed by atoms with van der Waals surface area (Å²) in [6.07, 6.45) is 1.22. The zero-order valence-electron chi connectivity index (χ0n) is 13.8. The molecule has 2 aromatic heterocycles. The van der Waals surface area contributed by atoms with Crippen molar-refractivity contribution < 1.29 is 18.0 Å². The van der Waals surface area contributed by atoms with Gasteiger partial charge < -0.3 is 15.2 Å². The van der Waals surface area contributed by atoms with Crippen LogP contribution in [0.25, 0.3) is 22.6 Å². The molecule has 6 nitrogen and oxygen atoms in total. The Morgan fingerprint density at radius 3 is 2.89 bits per heavy atom. The Kier molecular flexibility index (Phi) is 4.29. The van der Waals surface area contributed by atoms with Crippen molar-refractivity contribution in [1.82, 2.24) is 19.9 Å². The van der Waals surface area contributed by atoms with Crippen LogP contribution in [0, 0.1) is 5.82 Å². The summed E-state index contributed by atoms with van der Waals surface area (Å²) in [4.78, 5) is 24.6. The van der Waals surface area contributed by atoms with Crippen molar-refractivity contribution in [3.8, 4) is 11.4 Å². The SMILES string of the molecule is O=C(Nc1ccc(F)c(-c2nc3cc(Br)cnc3[nH]2)c1)N1CCC(F)(F)C1. The number of carbonyl (C=O) groups is 1. The molecule has 0 bridgehead atoms. The Balaban J connectivity index is 1.60. The zero-order valence-corrected chi connectivity index (χ0v) is 15.4. The molecule has 0 aliphatic carbocycles. The van der Waals surface area contributed by atoms with Gasteiger partial charge in [-0.1, -0.05) is 0 Å². The highest BCUT2D eigenvalue weighted by atomic mass is 79.9. The molecule has 3 heterocycles. The molecule has 2 amide bonds. The lowest BCUT2D eigenvalue weighted by molar-refractivity contribution is 0.0159. The fraction of sp³-hybridized carbons (Fsp3) is 0.235. The van der Waals surface area contributed by atoms with E-state index in [0.29, 0.717) is 11.2 Å². The third kappa shape index (κ3) is 3.61. The van der Waals surface area contributed by atoms with Gasteiger partial charge in [0, 0.05) is 29.3 Å². The Morgan fingerprint density at radius 1 is 1.33 bits per heavy atom. The van der Waals surface area contributed by atoms with E-state index in [-0.39, 0.29) is 30.0 Å². The molecule has 1 aliphatic heterocycles. The number of carbonyl (C=O) groups excluding carboxylic acids is 1. The number of alkyl halides is 2. The van der Waals surface area contributed by atoms with Crippen molar-refractivity contribution in [3.63, 3.8) is 0 Å². The van der Waals surface area contributed by atoms with Crippen molar-refractivity contribution in [2.75, 3.05) is 18.4 Å². The van der Waals surface area contributed by atoms with E-state index in [0.717, 1.165) is 9.37 Å². The molecule has 1 aliphatic rings. The number of benzene rings is 1. The number of nitrogens with zero attached hydrogens (tertiary/aromatic N) is 3. The second-order valence-corrected chi connectivity index (χ2v) is 7.17. The van der Waals surface area contributed by atoms with E-state index in [1.807, 2.05) is 0 Å². The number of halogens is 4. The van der Waals surface area contributed by atoms with E-state index >= 15 is 0 Å². The highest BCUT2D eigenvalue weighted by molar-refractivity contribution is 9.10. The third-order valence-corrected chi connectivity index (χ3v) is 4.67. The number of hydrogen-bond acceptors (Lipinski definition) is 3. The van der Waals surface area contributed by atoms with Gasteiger partial charge >= 0.3 is 6.03 Å². The fourth-order valence-corrected chi connectivity index (χ4v) is 3.21. The fourth-order valence-electron chi connectivity index (χ4n) is 2.89. The molecule has 4 rings (SSSR count). The minimum absolute atomic E-state index is 0.0307. The number of aromatic nitrogens is 3. The Labute approximate surface area is 159 Å². The number of aromatic amines is 1. The predicted molar refractivity (Wildman–Crippen MR) is 97.1 cm³/mol. The molecule has 0 spiro atoms. The monoisotopic (exact) mass is 439 g/mol. The first-order valence-electron chi connectivity index (χ1n) is 8.06. The number of rotatable bonds is 2. The van der Waals surface area contributed by atoms with E-state index in [1.165, 1.54) is 18.2 Å². The summed E-state index contributed by atoms with van der Waals surface area (Å²) in [5.74, 6) is -3.17. The van der Waals surface area contributed by atoms with Crippen LogP contribution < -0.4 is 5.32 Å². The molecular weight excluding hydrogens is 427 g/mol. The largest absolute Gasteiger partial charge is 0.323 e. The van der Waals surface area contributed by atoms with Crippen LogP contribution >= 0.6 is 15.9 Å². The minimum atomic E-state index is -2.87. The second-order valence-electron chi connectivity index (χ2n) is 6.26. The number of anilines is 1. The summed E-state index contributed by atoms with van der Waals surface area (Å²) in [6, 6.07) is 5.02. The number of pyridine rings is 1. The lowest BCUT2D eigenvalue weighted by Gasteiger charge is -2.17. The van der Waals surface area contributed by atoms with Gasteiger partial charge in [0.05, 0.1) is 12.1 Å². The lowest BCUT2D eigenvalue weighted by atomic mass is 10.1. The maximum absolute atomic E-state index is 14.3. The zero-order chi connectivity index (χ0) is 19.2. The lowest BCUT2D eigenvalue weighted by Crippen LogP contribution is -2.34. The molecule has 0 unspecified atom stereocenters. The summed E-state index contributed by atoms with van der Waals surface area (Å²) < 4.78 is 41.6. The molecule has 1 saturated heterocycles. The van der Waals surface area contributed by atoms with Gasteiger partial charge in [0.25, 0.3) is 5.92 Å². The molecule has 1 fully saturated rings. The topological polar surface area (TPSA) is 73.9 Å². The van der Waals surface area contributed by atoms with Crippen LogP contribution in [-0.4, -0.2) is 44.9 Å². The molecule has 2 N–H and O–H groups in total. The quantitative estimate of drug-likeness (QED) is 0.621. The summed E-state index contributed by atoms with van der Waals surface area (Å²) in [5, 5.41) is 2.52. The average molecular weight is 440 g/mol. The molecule has 0 atom stereocenters. The number of amides is 2. The predicted octanol–water partition coefficient (Wildman–Crippen LogP) is 4.40. The normalized spacial score (nSPS) is 16.1. The number of hydrogen-bond donors (Lipinski definition) is 2. The summed E-state index contributed by atoms with van der Waals surface area (Å²) in [7, 11) is 0. The Morgan fingerprint density at radius 2 is 2.15 bits per heavy atom. The van der Waals surface area contributed by atoms with Crippen molar-refractivity contribution in [2.45, 2.75) is 12.3 Å². The molecule has 140 valence electrons. The van der Waals surface area contributed by atoms with E-state index in [1.54, 1.807) is 12.3 Å². The molecular formula is C17H13BrF3N5O. The van der Waals surface area contributed by atoms with Gasteiger partial charge in [-0.3, -0.25) is 0 Å². The van der Waals surface area contributed by atoms with Crippen LogP contribution in [-0.2, 0) is 0 Å².